The van der Waals surface area contributed by atoms with Crippen molar-refractivity contribution in [2.24, 2.45) is 0 Å². The minimum atomic E-state index is -0.590. The molecule has 1 atom stereocenters. The summed E-state index contributed by atoms with van der Waals surface area (Å²) in [5.41, 5.74) is 9.69. The van der Waals surface area contributed by atoms with Crippen molar-refractivity contribution >= 4 is 29.3 Å². The molecule has 220 valence electrons. The summed E-state index contributed by atoms with van der Waals surface area (Å²) in [6, 6.07) is 26.3. The SMILES string of the molecule is COc1cccc(/C=C/c2ccccc2OCC(O)CN2CCC(=C3c4ccc(Cl)cc4CCc4cccnc43)CC2)c1. The van der Waals surface area contributed by atoms with E-state index in [1.807, 2.05) is 79.0 Å². The molecule has 0 saturated carbocycles. The number of halogens is 1. The highest BCUT2D eigenvalue weighted by Gasteiger charge is 2.26. The number of piperidine rings is 1. The Morgan fingerprint density at radius 3 is 2.60 bits per heavy atom. The van der Waals surface area contributed by atoms with Crippen LogP contribution in [-0.2, 0) is 12.8 Å². The molecule has 1 unspecified atom stereocenters. The van der Waals surface area contributed by atoms with Crippen LogP contribution in [0.3, 0.4) is 0 Å². The molecule has 5 nitrogen and oxygen atoms in total. The van der Waals surface area contributed by atoms with Gasteiger partial charge in [0.2, 0.25) is 0 Å². The fourth-order valence-electron chi connectivity index (χ4n) is 6.11. The molecular weight excluding hydrogens is 556 g/mol. The Hall–Kier alpha value is -3.90. The van der Waals surface area contributed by atoms with Crippen molar-refractivity contribution in [2.45, 2.75) is 31.8 Å². The molecule has 0 spiro atoms. The van der Waals surface area contributed by atoms with Gasteiger partial charge in [-0.25, -0.2) is 0 Å². The smallest absolute Gasteiger partial charge is 0.126 e. The zero-order chi connectivity index (χ0) is 29.6. The van der Waals surface area contributed by atoms with Gasteiger partial charge in [0, 0.05) is 42.0 Å². The minimum Gasteiger partial charge on any atom is -0.497 e. The molecular formula is C37H37ClN2O3. The number of benzene rings is 3. The highest BCUT2D eigenvalue weighted by Crippen LogP contribution is 2.38. The lowest BCUT2D eigenvalue weighted by Gasteiger charge is -2.31. The monoisotopic (exact) mass is 592 g/mol. The van der Waals surface area contributed by atoms with Crippen LogP contribution in [0.2, 0.25) is 5.02 Å². The number of hydrogen-bond donors (Lipinski definition) is 1. The van der Waals surface area contributed by atoms with Gasteiger partial charge in [0.15, 0.2) is 0 Å². The highest BCUT2D eigenvalue weighted by atomic mass is 35.5. The van der Waals surface area contributed by atoms with Crippen LogP contribution in [0.15, 0.2) is 90.6 Å². The number of para-hydroxylation sites is 1. The predicted octanol–water partition coefficient (Wildman–Crippen LogP) is 7.35. The van der Waals surface area contributed by atoms with E-state index in [9.17, 15) is 5.11 Å². The Kier molecular flexibility index (Phi) is 9.23. The molecule has 0 amide bonds. The summed E-state index contributed by atoms with van der Waals surface area (Å²) in [6.07, 6.45) is 9.19. The van der Waals surface area contributed by atoms with Crippen molar-refractivity contribution < 1.29 is 14.6 Å². The Morgan fingerprint density at radius 1 is 0.907 bits per heavy atom. The maximum absolute atomic E-state index is 10.9. The minimum absolute atomic E-state index is 0.236. The van der Waals surface area contributed by atoms with Gasteiger partial charge in [0.1, 0.15) is 24.2 Å². The van der Waals surface area contributed by atoms with Gasteiger partial charge in [-0.15, -0.1) is 0 Å². The lowest BCUT2D eigenvalue weighted by Crippen LogP contribution is -2.39. The Balaban J connectivity index is 1.10. The quantitative estimate of drug-likeness (QED) is 0.217. The molecule has 6 rings (SSSR count). The van der Waals surface area contributed by atoms with Gasteiger partial charge in [-0.2, -0.15) is 0 Å². The number of aliphatic hydroxyl groups is 1. The molecule has 6 heteroatoms. The third-order valence-electron chi connectivity index (χ3n) is 8.31. The summed E-state index contributed by atoms with van der Waals surface area (Å²) in [4.78, 5) is 7.19. The summed E-state index contributed by atoms with van der Waals surface area (Å²) in [5.74, 6) is 1.57. The second-order valence-electron chi connectivity index (χ2n) is 11.2. The number of methoxy groups -OCH3 is 1. The number of fused-ring (bicyclic) bond motifs is 2. The molecule has 1 saturated heterocycles. The zero-order valence-corrected chi connectivity index (χ0v) is 25.3. The molecule has 4 aromatic rings. The number of aliphatic hydroxyl groups excluding tert-OH is 1. The number of likely N-dealkylation sites (tertiary alicyclic amines) is 1. The second kappa shape index (κ2) is 13.6. The summed E-state index contributed by atoms with van der Waals surface area (Å²) in [7, 11) is 1.67. The van der Waals surface area contributed by atoms with Gasteiger partial charge in [0.05, 0.1) is 12.8 Å². The van der Waals surface area contributed by atoms with Gasteiger partial charge in [-0.05, 0) is 84.3 Å². The molecule has 2 aliphatic rings. The van der Waals surface area contributed by atoms with E-state index in [0.29, 0.717) is 6.54 Å². The summed E-state index contributed by atoms with van der Waals surface area (Å²) < 4.78 is 11.4. The van der Waals surface area contributed by atoms with Crippen molar-refractivity contribution in [1.82, 2.24) is 9.88 Å². The number of ether oxygens (including phenoxy) is 2. The number of nitrogens with zero attached hydrogens (tertiary/aromatic N) is 2. The molecule has 2 heterocycles. The van der Waals surface area contributed by atoms with Gasteiger partial charge < -0.3 is 14.6 Å². The average Bonchev–Trinajstić information content (AvgIpc) is 3.20. The van der Waals surface area contributed by atoms with Gasteiger partial charge in [-0.1, -0.05) is 71.8 Å². The Labute approximate surface area is 259 Å². The van der Waals surface area contributed by atoms with Crippen molar-refractivity contribution in [3.05, 3.63) is 129 Å². The first-order chi connectivity index (χ1) is 21.1. The number of hydrogen-bond acceptors (Lipinski definition) is 5. The van der Waals surface area contributed by atoms with E-state index in [-0.39, 0.29) is 6.61 Å². The predicted molar refractivity (Wildman–Crippen MR) is 175 cm³/mol. The molecule has 0 radical (unpaired) electrons. The van der Waals surface area contributed by atoms with Crippen LogP contribution in [-0.4, -0.2) is 54.4 Å². The second-order valence-corrected chi connectivity index (χ2v) is 11.6. The summed E-state index contributed by atoms with van der Waals surface area (Å²) in [5, 5.41) is 11.7. The standard InChI is InChI=1S/C37H37ClN2O3/c1-42-33-9-4-6-26(22-33)11-12-27-7-2-3-10-35(27)43-25-32(41)24-40-20-17-28(18-21-40)36-34-16-15-31(38)23-30(34)14-13-29-8-5-19-39-37(29)36/h2-12,15-16,19,22-23,32,41H,13-14,17-18,20-21,24-25H2,1H3/b12-11+. The maximum atomic E-state index is 10.9. The number of pyridine rings is 1. The van der Waals surface area contributed by atoms with Crippen LogP contribution < -0.4 is 9.47 Å². The Bertz CT molecular complexity index is 1640. The van der Waals surface area contributed by atoms with Gasteiger partial charge >= 0.3 is 0 Å². The first kappa shape index (κ1) is 29.2. The van der Waals surface area contributed by atoms with E-state index in [1.54, 1.807) is 7.11 Å². The lowest BCUT2D eigenvalue weighted by molar-refractivity contribution is 0.0655. The first-order valence-electron chi connectivity index (χ1n) is 15.0. The van der Waals surface area contributed by atoms with Crippen molar-refractivity contribution in [3.63, 3.8) is 0 Å². The van der Waals surface area contributed by atoms with E-state index < -0.39 is 6.10 Å². The topological polar surface area (TPSA) is 54.8 Å². The molecule has 0 bridgehead atoms. The van der Waals surface area contributed by atoms with E-state index in [0.717, 1.165) is 72.1 Å². The van der Waals surface area contributed by atoms with E-state index in [1.165, 1.54) is 27.8 Å². The average molecular weight is 593 g/mol. The third-order valence-corrected chi connectivity index (χ3v) is 8.54. The van der Waals surface area contributed by atoms with Crippen molar-refractivity contribution in [2.75, 3.05) is 33.4 Å². The molecule has 1 aromatic heterocycles. The van der Waals surface area contributed by atoms with E-state index >= 15 is 0 Å². The number of rotatable bonds is 8. The molecule has 1 fully saturated rings. The largest absolute Gasteiger partial charge is 0.497 e. The number of aryl methyl sites for hydroxylation is 2. The fourth-order valence-corrected chi connectivity index (χ4v) is 6.30. The van der Waals surface area contributed by atoms with E-state index in [4.69, 9.17) is 26.1 Å². The number of aromatic nitrogens is 1. The van der Waals surface area contributed by atoms with Crippen LogP contribution in [0.25, 0.3) is 17.7 Å². The maximum Gasteiger partial charge on any atom is 0.126 e. The van der Waals surface area contributed by atoms with Crippen LogP contribution in [0, 0.1) is 0 Å². The van der Waals surface area contributed by atoms with Crippen molar-refractivity contribution in [3.8, 4) is 11.5 Å². The van der Waals surface area contributed by atoms with Crippen LogP contribution in [0.1, 0.15) is 46.4 Å². The third kappa shape index (κ3) is 7.02. The van der Waals surface area contributed by atoms with Gasteiger partial charge in [-0.3, -0.25) is 9.88 Å². The molecule has 1 aliphatic carbocycles. The normalized spacial score (nSPS) is 16.0. The zero-order valence-electron chi connectivity index (χ0n) is 24.5. The summed E-state index contributed by atoms with van der Waals surface area (Å²) in [6.45, 7) is 2.59. The Morgan fingerprint density at radius 2 is 1.74 bits per heavy atom. The van der Waals surface area contributed by atoms with Crippen LogP contribution in [0.5, 0.6) is 11.5 Å². The molecule has 1 aliphatic heterocycles. The van der Waals surface area contributed by atoms with Crippen LogP contribution in [0.4, 0.5) is 0 Å². The molecule has 1 N–H and O–H groups in total. The van der Waals surface area contributed by atoms with Crippen LogP contribution >= 0.6 is 11.6 Å². The fraction of sp³-hybridized carbons (Fsp3) is 0.270. The molecule has 3 aromatic carbocycles. The molecule has 43 heavy (non-hydrogen) atoms. The first-order valence-corrected chi connectivity index (χ1v) is 15.3. The summed E-state index contributed by atoms with van der Waals surface area (Å²) >= 11 is 6.39. The van der Waals surface area contributed by atoms with E-state index in [2.05, 4.69) is 23.1 Å². The lowest BCUT2D eigenvalue weighted by atomic mass is 9.88. The van der Waals surface area contributed by atoms with Crippen molar-refractivity contribution in [1.29, 1.82) is 0 Å². The number of β-amino-alcohol motifs (C(OH)–C–C–N with tert-alkyl or cyclic N) is 1. The van der Waals surface area contributed by atoms with Gasteiger partial charge in [0.25, 0.3) is 0 Å². The highest BCUT2D eigenvalue weighted by molar-refractivity contribution is 6.30.